The van der Waals surface area contributed by atoms with Crippen molar-refractivity contribution in [1.29, 1.82) is 0 Å². The van der Waals surface area contributed by atoms with Crippen molar-refractivity contribution in [2.24, 2.45) is 5.92 Å². The molecule has 1 aliphatic rings. The van der Waals surface area contributed by atoms with Crippen molar-refractivity contribution < 1.29 is 18.6 Å². The number of aliphatic hydroxyl groups excluding tert-OH is 1. The number of benzene rings is 1. The van der Waals surface area contributed by atoms with Crippen molar-refractivity contribution in [3.8, 4) is 0 Å². The minimum Gasteiger partial charge on any atom is -0.388 e. The summed E-state index contributed by atoms with van der Waals surface area (Å²) in [6, 6.07) is 3.92. The third kappa shape index (κ3) is 4.46. The van der Waals surface area contributed by atoms with Crippen LogP contribution in [0.25, 0.3) is 0 Å². The fourth-order valence-corrected chi connectivity index (χ4v) is 2.96. The fourth-order valence-electron chi connectivity index (χ4n) is 2.96. The van der Waals surface area contributed by atoms with Gasteiger partial charge in [0.2, 0.25) is 0 Å². The van der Waals surface area contributed by atoms with Crippen molar-refractivity contribution in [3.63, 3.8) is 0 Å². The third-order valence-electron chi connectivity index (χ3n) is 4.06. The quantitative estimate of drug-likeness (QED) is 0.877. The molecule has 0 bridgehead atoms. The Morgan fingerprint density at radius 2 is 2.24 bits per heavy atom. The first kappa shape index (κ1) is 16.3. The molecule has 2 rings (SSSR count). The number of ether oxygens (including phenoxy) is 1. The molecule has 118 valence electrons. The molecule has 1 aromatic rings. The fraction of sp³-hybridized carbons (Fsp3) is 0.625. The average molecular weight is 299 g/mol. The van der Waals surface area contributed by atoms with Crippen LogP contribution in [-0.2, 0) is 4.74 Å². The van der Waals surface area contributed by atoms with E-state index in [1.54, 1.807) is 7.11 Å². The molecule has 21 heavy (non-hydrogen) atoms. The highest BCUT2D eigenvalue weighted by Crippen LogP contribution is 2.23. The van der Waals surface area contributed by atoms with E-state index in [1.807, 2.05) is 0 Å². The normalized spacial score (nSPS) is 21.4. The minimum atomic E-state index is -0.969. The Balaban J connectivity index is 1.86. The van der Waals surface area contributed by atoms with Crippen LogP contribution in [0.5, 0.6) is 0 Å². The van der Waals surface area contributed by atoms with E-state index in [0.29, 0.717) is 18.9 Å². The van der Waals surface area contributed by atoms with Gasteiger partial charge in [-0.2, -0.15) is 0 Å². The Bertz CT molecular complexity index is 454. The number of hydrogen-bond donors (Lipinski definition) is 1. The molecule has 0 saturated carbocycles. The second kappa shape index (κ2) is 7.82. The van der Waals surface area contributed by atoms with Crippen LogP contribution in [-0.4, -0.2) is 43.4 Å². The Labute approximate surface area is 124 Å². The van der Waals surface area contributed by atoms with E-state index in [4.69, 9.17) is 4.74 Å². The summed E-state index contributed by atoms with van der Waals surface area (Å²) in [6.07, 6.45) is 1.70. The van der Waals surface area contributed by atoms with Crippen molar-refractivity contribution >= 4 is 0 Å². The van der Waals surface area contributed by atoms with Gasteiger partial charge < -0.3 is 14.7 Å². The number of methoxy groups -OCH3 is 1. The SMILES string of the molecule is COCC1CCCN(CCC(O)c2cccc(F)c2F)C1. The molecule has 1 N–H and O–H groups in total. The van der Waals surface area contributed by atoms with Crippen LogP contribution in [0.15, 0.2) is 18.2 Å². The van der Waals surface area contributed by atoms with Gasteiger partial charge in [0.15, 0.2) is 11.6 Å². The third-order valence-corrected chi connectivity index (χ3v) is 4.06. The Morgan fingerprint density at radius 1 is 1.43 bits per heavy atom. The molecule has 0 radical (unpaired) electrons. The molecule has 0 spiro atoms. The highest BCUT2D eigenvalue weighted by Gasteiger charge is 2.21. The lowest BCUT2D eigenvalue weighted by Gasteiger charge is -2.32. The van der Waals surface area contributed by atoms with Crippen molar-refractivity contribution in [1.82, 2.24) is 4.90 Å². The number of piperidine rings is 1. The maximum Gasteiger partial charge on any atom is 0.164 e. The van der Waals surface area contributed by atoms with E-state index >= 15 is 0 Å². The van der Waals surface area contributed by atoms with Gasteiger partial charge in [-0.3, -0.25) is 0 Å². The van der Waals surface area contributed by atoms with Gasteiger partial charge in [0, 0.05) is 25.8 Å². The molecule has 1 heterocycles. The monoisotopic (exact) mass is 299 g/mol. The van der Waals surface area contributed by atoms with Gasteiger partial charge in [0.05, 0.1) is 12.7 Å². The van der Waals surface area contributed by atoms with Gasteiger partial charge in [-0.25, -0.2) is 8.78 Å². The maximum atomic E-state index is 13.6. The molecule has 3 nitrogen and oxygen atoms in total. The molecule has 1 fully saturated rings. The van der Waals surface area contributed by atoms with Crippen molar-refractivity contribution in [3.05, 3.63) is 35.4 Å². The number of hydrogen-bond acceptors (Lipinski definition) is 3. The van der Waals surface area contributed by atoms with E-state index in [2.05, 4.69) is 4.90 Å². The largest absolute Gasteiger partial charge is 0.388 e. The summed E-state index contributed by atoms with van der Waals surface area (Å²) >= 11 is 0. The molecular formula is C16H23F2NO2. The van der Waals surface area contributed by atoms with E-state index < -0.39 is 17.7 Å². The molecular weight excluding hydrogens is 276 g/mol. The zero-order valence-corrected chi connectivity index (χ0v) is 12.4. The summed E-state index contributed by atoms with van der Waals surface area (Å²) in [5, 5.41) is 10.1. The highest BCUT2D eigenvalue weighted by molar-refractivity contribution is 5.21. The topological polar surface area (TPSA) is 32.7 Å². The Morgan fingerprint density at radius 3 is 3.00 bits per heavy atom. The second-order valence-corrected chi connectivity index (χ2v) is 5.71. The Hall–Kier alpha value is -1.04. The summed E-state index contributed by atoms with van der Waals surface area (Å²) in [5.41, 5.74) is 0.0421. The predicted octanol–water partition coefficient (Wildman–Crippen LogP) is 2.75. The average Bonchev–Trinajstić information content (AvgIpc) is 2.48. The first-order valence-electron chi connectivity index (χ1n) is 7.45. The first-order valence-corrected chi connectivity index (χ1v) is 7.45. The molecule has 0 aliphatic carbocycles. The van der Waals surface area contributed by atoms with Gasteiger partial charge >= 0.3 is 0 Å². The Kier molecular flexibility index (Phi) is 6.08. The van der Waals surface area contributed by atoms with Crippen molar-refractivity contribution in [2.45, 2.75) is 25.4 Å². The van der Waals surface area contributed by atoms with Crippen molar-refractivity contribution in [2.75, 3.05) is 33.4 Å². The molecule has 2 unspecified atom stereocenters. The number of nitrogens with zero attached hydrogens (tertiary/aromatic N) is 1. The highest BCUT2D eigenvalue weighted by atomic mass is 19.2. The molecule has 2 atom stereocenters. The van der Waals surface area contributed by atoms with Gasteiger partial charge in [-0.05, 0) is 37.8 Å². The number of halogens is 2. The van der Waals surface area contributed by atoms with Gasteiger partial charge in [0.1, 0.15) is 0 Å². The molecule has 1 aliphatic heterocycles. The summed E-state index contributed by atoms with van der Waals surface area (Å²) in [4.78, 5) is 2.26. The van der Waals surface area contributed by atoms with Crippen LogP contribution in [0, 0.1) is 17.6 Å². The lowest BCUT2D eigenvalue weighted by molar-refractivity contribution is 0.0771. The number of likely N-dealkylation sites (tertiary alicyclic amines) is 1. The number of aliphatic hydroxyl groups is 1. The van der Waals surface area contributed by atoms with Crippen LogP contribution in [0.1, 0.15) is 30.9 Å². The summed E-state index contributed by atoms with van der Waals surface area (Å²) in [5.74, 6) is -1.34. The molecule has 1 aromatic carbocycles. The van der Waals surface area contributed by atoms with Gasteiger partial charge in [-0.15, -0.1) is 0 Å². The molecule has 5 heteroatoms. The standard InChI is InChI=1S/C16H23F2NO2/c1-21-11-12-4-3-8-19(10-12)9-7-15(20)13-5-2-6-14(17)16(13)18/h2,5-6,12,15,20H,3-4,7-11H2,1H3. The van der Waals surface area contributed by atoms with E-state index in [0.717, 1.165) is 38.6 Å². The summed E-state index contributed by atoms with van der Waals surface area (Å²) in [7, 11) is 1.70. The van der Waals surface area contributed by atoms with Gasteiger partial charge in [-0.1, -0.05) is 12.1 Å². The van der Waals surface area contributed by atoms with Crippen LogP contribution in [0.2, 0.25) is 0 Å². The van der Waals surface area contributed by atoms with Crippen LogP contribution < -0.4 is 0 Å². The van der Waals surface area contributed by atoms with E-state index in [-0.39, 0.29) is 5.56 Å². The van der Waals surface area contributed by atoms with Crippen LogP contribution >= 0.6 is 0 Å². The van der Waals surface area contributed by atoms with Crippen LogP contribution in [0.4, 0.5) is 8.78 Å². The van der Waals surface area contributed by atoms with Crippen LogP contribution in [0.3, 0.4) is 0 Å². The van der Waals surface area contributed by atoms with E-state index in [1.165, 1.54) is 12.1 Å². The minimum absolute atomic E-state index is 0.0421. The first-order chi connectivity index (χ1) is 10.1. The zero-order chi connectivity index (χ0) is 15.2. The summed E-state index contributed by atoms with van der Waals surface area (Å²) in [6.45, 7) is 3.35. The lowest BCUT2D eigenvalue weighted by Crippen LogP contribution is -2.38. The molecule has 1 saturated heterocycles. The lowest BCUT2D eigenvalue weighted by atomic mass is 9.98. The van der Waals surface area contributed by atoms with E-state index in [9.17, 15) is 13.9 Å². The molecule has 0 amide bonds. The van der Waals surface area contributed by atoms with Gasteiger partial charge in [0.25, 0.3) is 0 Å². The zero-order valence-electron chi connectivity index (χ0n) is 12.4. The molecule has 0 aromatic heterocycles. The number of rotatable bonds is 6. The second-order valence-electron chi connectivity index (χ2n) is 5.71. The maximum absolute atomic E-state index is 13.6. The summed E-state index contributed by atoms with van der Waals surface area (Å²) < 4.78 is 32.0. The smallest absolute Gasteiger partial charge is 0.164 e. The predicted molar refractivity (Wildman–Crippen MR) is 77.0 cm³/mol.